The molecule has 0 aliphatic carbocycles. The van der Waals surface area contributed by atoms with E-state index < -0.39 is 0 Å². The van der Waals surface area contributed by atoms with Gasteiger partial charge in [-0.15, -0.1) is 0 Å². The lowest BCUT2D eigenvalue weighted by Gasteiger charge is -2.36. The van der Waals surface area contributed by atoms with Crippen LogP contribution in [0.4, 0.5) is 14.9 Å². The van der Waals surface area contributed by atoms with Crippen molar-refractivity contribution in [1.82, 2.24) is 10.2 Å². The van der Waals surface area contributed by atoms with Crippen molar-refractivity contribution in [3.63, 3.8) is 0 Å². The highest BCUT2D eigenvalue weighted by molar-refractivity contribution is 5.74. The third-order valence-corrected chi connectivity index (χ3v) is 4.95. The van der Waals surface area contributed by atoms with Crippen LogP contribution in [0.1, 0.15) is 25.3 Å². The van der Waals surface area contributed by atoms with Gasteiger partial charge in [0.1, 0.15) is 18.2 Å². The summed E-state index contributed by atoms with van der Waals surface area (Å²) in [4.78, 5) is 16.3. The Labute approximate surface area is 166 Å². The number of carbonyl (C=O) groups excluding carboxylic acids is 1. The van der Waals surface area contributed by atoms with E-state index in [2.05, 4.69) is 36.2 Å². The van der Waals surface area contributed by atoms with Crippen molar-refractivity contribution in [3.05, 3.63) is 59.9 Å². The topological polar surface area (TPSA) is 44.8 Å². The van der Waals surface area contributed by atoms with Crippen LogP contribution in [0.2, 0.25) is 0 Å². The van der Waals surface area contributed by atoms with E-state index in [1.54, 1.807) is 17.0 Å². The van der Waals surface area contributed by atoms with Crippen molar-refractivity contribution in [1.29, 1.82) is 0 Å². The summed E-state index contributed by atoms with van der Waals surface area (Å²) in [6.45, 7) is 7.96. The van der Waals surface area contributed by atoms with Gasteiger partial charge in [0.2, 0.25) is 0 Å². The molecule has 0 aromatic heterocycles. The molecule has 0 unspecified atom stereocenters. The molecule has 1 N–H and O–H groups in total. The number of urea groups is 1. The molecule has 1 fully saturated rings. The van der Waals surface area contributed by atoms with Crippen molar-refractivity contribution in [2.24, 2.45) is 0 Å². The normalized spacial score (nSPS) is 14.3. The Hall–Kier alpha value is -2.76. The van der Waals surface area contributed by atoms with E-state index in [9.17, 15) is 9.18 Å². The van der Waals surface area contributed by atoms with Gasteiger partial charge in [0.25, 0.3) is 0 Å². The minimum Gasteiger partial charge on any atom is -0.492 e. The van der Waals surface area contributed by atoms with Crippen LogP contribution in [0, 0.1) is 5.82 Å². The molecule has 2 aromatic rings. The Morgan fingerprint density at radius 2 is 1.68 bits per heavy atom. The van der Waals surface area contributed by atoms with E-state index >= 15 is 0 Å². The van der Waals surface area contributed by atoms with Crippen LogP contribution >= 0.6 is 0 Å². The molecule has 28 heavy (non-hydrogen) atoms. The molecule has 150 valence electrons. The molecule has 0 bridgehead atoms. The standard InChI is InChI=1S/C22H28FN3O2/c1-17(2)18-3-9-21(10-4-18)28-16-11-24-22(27)26-14-12-25(13-15-26)20-7-5-19(23)6-8-20/h3-10,17H,11-16H2,1-2H3,(H,24,27). The van der Waals surface area contributed by atoms with Crippen LogP contribution < -0.4 is 15.0 Å². The molecule has 2 aromatic carbocycles. The maximum atomic E-state index is 13.0. The molecule has 3 rings (SSSR count). The summed E-state index contributed by atoms with van der Waals surface area (Å²) in [6.07, 6.45) is 0. The Morgan fingerprint density at radius 3 is 2.29 bits per heavy atom. The van der Waals surface area contributed by atoms with Crippen LogP contribution in [0.15, 0.2) is 48.5 Å². The smallest absolute Gasteiger partial charge is 0.317 e. The second kappa shape index (κ2) is 9.44. The first-order valence-electron chi connectivity index (χ1n) is 9.79. The van der Waals surface area contributed by atoms with Crippen LogP contribution in [0.5, 0.6) is 5.75 Å². The van der Waals surface area contributed by atoms with Crippen molar-refractivity contribution >= 4 is 11.7 Å². The SMILES string of the molecule is CC(C)c1ccc(OCCNC(=O)N2CCN(c3ccc(F)cc3)CC2)cc1. The summed E-state index contributed by atoms with van der Waals surface area (Å²) in [5.41, 5.74) is 2.26. The number of ether oxygens (including phenoxy) is 1. The van der Waals surface area contributed by atoms with Crippen molar-refractivity contribution in [2.75, 3.05) is 44.2 Å². The molecule has 1 aliphatic heterocycles. The fourth-order valence-corrected chi connectivity index (χ4v) is 3.21. The molecule has 0 spiro atoms. The average molecular weight is 385 g/mol. The molecule has 1 saturated heterocycles. The van der Waals surface area contributed by atoms with Crippen molar-refractivity contribution in [3.8, 4) is 5.75 Å². The molecule has 1 aliphatic rings. The number of hydrogen-bond donors (Lipinski definition) is 1. The maximum Gasteiger partial charge on any atom is 0.317 e. The lowest BCUT2D eigenvalue weighted by atomic mass is 10.0. The van der Waals surface area contributed by atoms with Crippen molar-refractivity contribution in [2.45, 2.75) is 19.8 Å². The number of anilines is 1. The number of amides is 2. The fraction of sp³-hybridized carbons (Fsp3) is 0.409. The Balaban J connectivity index is 1.36. The number of halogens is 1. The molecule has 0 saturated carbocycles. The highest BCUT2D eigenvalue weighted by Crippen LogP contribution is 2.19. The summed E-state index contributed by atoms with van der Waals surface area (Å²) >= 11 is 0. The van der Waals surface area contributed by atoms with Gasteiger partial charge in [0.15, 0.2) is 0 Å². The van der Waals surface area contributed by atoms with Gasteiger partial charge in [-0.1, -0.05) is 26.0 Å². The van der Waals surface area contributed by atoms with E-state index in [-0.39, 0.29) is 11.8 Å². The number of hydrogen-bond acceptors (Lipinski definition) is 3. The van der Waals surface area contributed by atoms with Gasteiger partial charge in [-0.05, 0) is 47.9 Å². The highest BCUT2D eigenvalue weighted by atomic mass is 19.1. The van der Waals surface area contributed by atoms with Crippen LogP contribution in [0.3, 0.4) is 0 Å². The largest absolute Gasteiger partial charge is 0.492 e. The number of rotatable bonds is 6. The van der Waals surface area contributed by atoms with Gasteiger partial charge >= 0.3 is 6.03 Å². The summed E-state index contributed by atoms with van der Waals surface area (Å²) in [5, 5.41) is 2.91. The third kappa shape index (κ3) is 5.38. The maximum absolute atomic E-state index is 13.0. The van der Waals surface area contributed by atoms with Gasteiger partial charge in [-0.3, -0.25) is 0 Å². The van der Waals surface area contributed by atoms with E-state index in [1.807, 2.05) is 12.1 Å². The third-order valence-electron chi connectivity index (χ3n) is 4.95. The Kier molecular flexibility index (Phi) is 6.74. The lowest BCUT2D eigenvalue weighted by molar-refractivity contribution is 0.191. The number of benzene rings is 2. The van der Waals surface area contributed by atoms with Crippen LogP contribution in [0.25, 0.3) is 0 Å². The quantitative estimate of drug-likeness (QED) is 0.768. The first-order chi connectivity index (χ1) is 13.5. The number of carbonyl (C=O) groups is 1. The lowest BCUT2D eigenvalue weighted by Crippen LogP contribution is -2.52. The van der Waals surface area contributed by atoms with E-state index in [1.165, 1.54) is 17.7 Å². The first kappa shape index (κ1) is 20.0. The Bertz CT molecular complexity index is 754. The van der Waals surface area contributed by atoms with E-state index in [0.717, 1.165) is 24.5 Å². The first-order valence-corrected chi connectivity index (χ1v) is 9.79. The highest BCUT2D eigenvalue weighted by Gasteiger charge is 2.21. The minimum atomic E-state index is -0.236. The zero-order valence-corrected chi connectivity index (χ0v) is 16.5. The van der Waals surface area contributed by atoms with E-state index in [4.69, 9.17) is 4.74 Å². The van der Waals surface area contributed by atoms with Gasteiger partial charge in [0.05, 0.1) is 6.54 Å². The summed E-state index contributed by atoms with van der Waals surface area (Å²) in [5.74, 6) is 1.07. The predicted molar refractivity (Wildman–Crippen MR) is 110 cm³/mol. The molecule has 0 atom stereocenters. The Morgan fingerprint density at radius 1 is 1.04 bits per heavy atom. The molecular formula is C22H28FN3O2. The predicted octanol–water partition coefficient (Wildman–Crippen LogP) is 3.86. The zero-order chi connectivity index (χ0) is 19.9. The number of piperazine rings is 1. The summed E-state index contributed by atoms with van der Waals surface area (Å²) in [6, 6.07) is 14.5. The fourth-order valence-electron chi connectivity index (χ4n) is 3.21. The second-order valence-electron chi connectivity index (χ2n) is 7.25. The molecular weight excluding hydrogens is 357 g/mol. The molecule has 0 radical (unpaired) electrons. The second-order valence-corrected chi connectivity index (χ2v) is 7.25. The summed E-state index contributed by atoms with van der Waals surface area (Å²) in [7, 11) is 0. The van der Waals surface area contributed by atoms with Gasteiger partial charge in [-0.2, -0.15) is 0 Å². The van der Waals surface area contributed by atoms with Gasteiger partial charge in [0, 0.05) is 31.9 Å². The molecule has 1 heterocycles. The van der Waals surface area contributed by atoms with Crippen molar-refractivity contribution < 1.29 is 13.9 Å². The molecule has 2 amide bonds. The number of nitrogens with zero attached hydrogens (tertiary/aromatic N) is 2. The molecule has 6 heteroatoms. The van der Waals surface area contributed by atoms with Crippen LogP contribution in [-0.4, -0.2) is 50.3 Å². The van der Waals surface area contributed by atoms with Crippen LogP contribution in [-0.2, 0) is 0 Å². The molecule has 5 nitrogen and oxygen atoms in total. The number of nitrogens with one attached hydrogen (secondary N) is 1. The minimum absolute atomic E-state index is 0.0717. The summed E-state index contributed by atoms with van der Waals surface area (Å²) < 4.78 is 18.7. The average Bonchev–Trinajstić information content (AvgIpc) is 2.72. The van der Waals surface area contributed by atoms with Gasteiger partial charge < -0.3 is 19.9 Å². The van der Waals surface area contributed by atoms with E-state index in [0.29, 0.717) is 32.2 Å². The zero-order valence-electron chi connectivity index (χ0n) is 16.5. The monoisotopic (exact) mass is 385 g/mol. The van der Waals surface area contributed by atoms with Gasteiger partial charge in [-0.25, -0.2) is 9.18 Å².